The lowest BCUT2D eigenvalue weighted by atomic mass is 10.2. The Morgan fingerprint density at radius 3 is 2.87 bits per heavy atom. The molecule has 1 aromatic carbocycles. The predicted molar refractivity (Wildman–Crippen MR) is 65.8 cm³/mol. The molecule has 1 aliphatic rings. The fraction of sp³-hybridized carbons (Fsp3) is 0.455. The number of hydrogen-bond acceptors (Lipinski definition) is 3. The van der Waals surface area contributed by atoms with Gasteiger partial charge in [-0.2, -0.15) is 0 Å². The minimum atomic E-state index is 0.364. The van der Waals surface area contributed by atoms with E-state index in [9.17, 15) is 0 Å². The molecule has 2 atom stereocenters. The maximum atomic E-state index is 6.08. The summed E-state index contributed by atoms with van der Waals surface area (Å²) in [5, 5.41) is 4.54. The summed E-state index contributed by atoms with van der Waals surface area (Å²) in [6, 6.07) is 6.53. The van der Waals surface area contributed by atoms with Crippen molar-refractivity contribution in [1.29, 1.82) is 0 Å². The first-order valence-electron chi connectivity index (χ1n) is 4.92. The summed E-state index contributed by atoms with van der Waals surface area (Å²) in [7, 11) is 1.63. The summed E-state index contributed by atoms with van der Waals surface area (Å²) in [6.07, 6.45) is 0. The van der Waals surface area contributed by atoms with Crippen LogP contribution < -0.4 is 10.1 Å². The average molecular weight is 244 g/mol. The Balaban J connectivity index is 2.19. The predicted octanol–water partition coefficient (Wildman–Crippen LogP) is 3.07. The molecule has 82 valence electrons. The van der Waals surface area contributed by atoms with Crippen LogP contribution in [0, 0.1) is 0 Å². The maximum Gasteiger partial charge on any atom is 0.137 e. The van der Waals surface area contributed by atoms with Crippen molar-refractivity contribution in [3.63, 3.8) is 0 Å². The molecule has 1 heterocycles. The molecular weight excluding hydrogens is 230 g/mol. The number of halogens is 1. The van der Waals surface area contributed by atoms with Gasteiger partial charge in [-0.25, -0.2) is 0 Å². The van der Waals surface area contributed by atoms with Crippen molar-refractivity contribution >= 4 is 23.4 Å². The summed E-state index contributed by atoms with van der Waals surface area (Å²) < 4.78 is 5.12. The third-order valence-electron chi connectivity index (χ3n) is 2.43. The van der Waals surface area contributed by atoms with Crippen LogP contribution in [-0.4, -0.2) is 18.9 Å². The van der Waals surface area contributed by atoms with Crippen LogP contribution in [0.1, 0.15) is 17.9 Å². The van der Waals surface area contributed by atoms with Gasteiger partial charge in [-0.1, -0.05) is 17.7 Å². The van der Waals surface area contributed by atoms with E-state index in [4.69, 9.17) is 16.3 Å². The minimum absolute atomic E-state index is 0.364. The summed E-state index contributed by atoms with van der Waals surface area (Å²) in [4.78, 5) is 0. The summed E-state index contributed by atoms with van der Waals surface area (Å²) >= 11 is 8.00. The second kappa shape index (κ2) is 4.64. The van der Waals surface area contributed by atoms with E-state index in [0.717, 1.165) is 11.5 Å². The number of rotatable bonds is 2. The SMILES string of the molecule is COc1ccc(C2NC(C)CS2)cc1Cl. The third kappa shape index (κ3) is 2.41. The molecule has 2 nitrogen and oxygen atoms in total. The van der Waals surface area contributed by atoms with E-state index in [1.54, 1.807) is 7.11 Å². The molecule has 0 aliphatic carbocycles. The third-order valence-corrected chi connectivity index (χ3v) is 4.16. The van der Waals surface area contributed by atoms with Crippen LogP contribution in [0.3, 0.4) is 0 Å². The van der Waals surface area contributed by atoms with Gasteiger partial charge in [-0.05, 0) is 24.6 Å². The highest BCUT2D eigenvalue weighted by atomic mass is 35.5. The van der Waals surface area contributed by atoms with Crippen LogP contribution in [0.15, 0.2) is 18.2 Å². The number of ether oxygens (including phenoxy) is 1. The summed E-state index contributed by atoms with van der Waals surface area (Å²) in [6.45, 7) is 2.19. The average Bonchev–Trinajstić information content (AvgIpc) is 2.65. The second-order valence-corrected chi connectivity index (χ2v) is 5.22. The van der Waals surface area contributed by atoms with Crippen LogP contribution in [0.25, 0.3) is 0 Å². The first kappa shape index (κ1) is 11.1. The number of hydrogen-bond donors (Lipinski definition) is 1. The van der Waals surface area contributed by atoms with Crippen molar-refractivity contribution in [1.82, 2.24) is 5.32 Å². The minimum Gasteiger partial charge on any atom is -0.495 e. The number of benzene rings is 1. The van der Waals surface area contributed by atoms with Crippen molar-refractivity contribution in [2.24, 2.45) is 0 Å². The van der Waals surface area contributed by atoms with E-state index >= 15 is 0 Å². The van der Waals surface area contributed by atoms with Crippen LogP contribution in [0.5, 0.6) is 5.75 Å². The molecule has 0 saturated carbocycles. The smallest absolute Gasteiger partial charge is 0.137 e. The van der Waals surface area contributed by atoms with E-state index in [2.05, 4.69) is 18.3 Å². The lowest BCUT2D eigenvalue weighted by Crippen LogP contribution is -2.21. The van der Waals surface area contributed by atoms with E-state index in [-0.39, 0.29) is 0 Å². The van der Waals surface area contributed by atoms with Gasteiger partial charge in [0.25, 0.3) is 0 Å². The molecule has 2 rings (SSSR count). The van der Waals surface area contributed by atoms with Gasteiger partial charge in [0.2, 0.25) is 0 Å². The van der Waals surface area contributed by atoms with Crippen LogP contribution in [0.4, 0.5) is 0 Å². The Kier molecular flexibility index (Phi) is 3.44. The van der Waals surface area contributed by atoms with E-state index in [1.165, 1.54) is 5.56 Å². The fourth-order valence-corrected chi connectivity index (χ4v) is 3.14. The Labute approximate surface area is 99.3 Å². The van der Waals surface area contributed by atoms with Gasteiger partial charge in [-0.15, -0.1) is 11.8 Å². The number of methoxy groups -OCH3 is 1. The highest BCUT2D eigenvalue weighted by molar-refractivity contribution is 7.99. The molecule has 1 saturated heterocycles. The lowest BCUT2D eigenvalue weighted by Gasteiger charge is -2.12. The highest BCUT2D eigenvalue weighted by Gasteiger charge is 2.22. The van der Waals surface area contributed by atoms with Gasteiger partial charge >= 0.3 is 0 Å². The molecule has 1 aliphatic heterocycles. The zero-order valence-electron chi connectivity index (χ0n) is 8.79. The first-order valence-corrected chi connectivity index (χ1v) is 6.34. The topological polar surface area (TPSA) is 21.3 Å². The fourth-order valence-electron chi connectivity index (χ4n) is 1.63. The molecule has 4 heteroatoms. The highest BCUT2D eigenvalue weighted by Crippen LogP contribution is 2.35. The molecule has 0 amide bonds. The van der Waals surface area contributed by atoms with Crippen molar-refractivity contribution in [2.75, 3.05) is 12.9 Å². The monoisotopic (exact) mass is 243 g/mol. The molecule has 1 N–H and O–H groups in total. The number of thioether (sulfide) groups is 1. The molecule has 1 fully saturated rings. The largest absolute Gasteiger partial charge is 0.495 e. The lowest BCUT2D eigenvalue weighted by molar-refractivity contribution is 0.415. The standard InChI is InChI=1S/C11H14ClNOS/c1-7-6-15-11(13-7)8-3-4-10(14-2)9(12)5-8/h3-5,7,11,13H,6H2,1-2H3. The maximum absolute atomic E-state index is 6.08. The normalized spacial score (nSPS) is 25.5. The van der Waals surface area contributed by atoms with Gasteiger partial charge in [0.15, 0.2) is 0 Å². The Hall–Kier alpha value is -0.380. The van der Waals surface area contributed by atoms with Gasteiger partial charge in [0.1, 0.15) is 5.75 Å². The Morgan fingerprint density at radius 1 is 1.53 bits per heavy atom. The molecule has 0 spiro atoms. The van der Waals surface area contributed by atoms with Crippen LogP contribution in [-0.2, 0) is 0 Å². The van der Waals surface area contributed by atoms with Gasteiger partial charge in [0, 0.05) is 11.8 Å². The molecular formula is C11H14ClNOS. The quantitative estimate of drug-likeness (QED) is 0.863. The van der Waals surface area contributed by atoms with Crippen molar-refractivity contribution < 1.29 is 4.74 Å². The van der Waals surface area contributed by atoms with Gasteiger partial charge in [-0.3, -0.25) is 5.32 Å². The Morgan fingerprint density at radius 2 is 2.33 bits per heavy atom. The van der Waals surface area contributed by atoms with E-state index in [1.807, 2.05) is 23.9 Å². The van der Waals surface area contributed by atoms with Crippen LogP contribution >= 0.6 is 23.4 Å². The zero-order chi connectivity index (χ0) is 10.8. The molecule has 0 radical (unpaired) electrons. The van der Waals surface area contributed by atoms with Crippen LogP contribution in [0.2, 0.25) is 5.02 Å². The summed E-state index contributed by atoms with van der Waals surface area (Å²) in [5.74, 6) is 1.88. The molecule has 0 bridgehead atoms. The molecule has 15 heavy (non-hydrogen) atoms. The van der Waals surface area contributed by atoms with Gasteiger partial charge in [0.05, 0.1) is 17.5 Å². The zero-order valence-corrected chi connectivity index (χ0v) is 10.4. The molecule has 2 unspecified atom stereocenters. The van der Waals surface area contributed by atoms with E-state index in [0.29, 0.717) is 16.4 Å². The summed E-state index contributed by atoms with van der Waals surface area (Å²) in [5.41, 5.74) is 1.22. The second-order valence-electron chi connectivity index (χ2n) is 3.68. The number of nitrogens with one attached hydrogen (secondary N) is 1. The van der Waals surface area contributed by atoms with Crippen molar-refractivity contribution in [2.45, 2.75) is 18.3 Å². The molecule has 1 aromatic rings. The van der Waals surface area contributed by atoms with E-state index < -0.39 is 0 Å². The molecule has 0 aromatic heterocycles. The van der Waals surface area contributed by atoms with Crippen molar-refractivity contribution in [3.8, 4) is 5.75 Å². The van der Waals surface area contributed by atoms with Gasteiger partial charge < -0.3 is 4.74 Å². The first-order chi connectivity index (χ1) is 7.20. The van der Waals surface area contributed by atoms with Crippen molar-refractivity contribution in [3.05, 3.63) is 28.8 Å². The Bertz CT molecular complexity index is 358.